The molecular formula is C20H18N2O3. The number of para-hydroxylation sites is 1. The molecule has 1 aromatic heterocycles. The van der Waals surface area contributed by atoms with E-state index >= 15 is 0 Å². The Kier molecular flexibility index (Phi) is 3.64. The third-order valence-electron chi connectivity index (χ3n) is 5.02. The highest BCUT2D eigenvalue weighted by atomic mass is 16.6. The number of nitro benzene ring substituents is 1. The minimum atomic E-state index is -0.420. The van der Waals surface area contributed by atoms with Crippen molar-refractivity contribution in [3.63, 3.8) is 0 Å². The number of nitro groups is 1. The molecule has 0 amide bonds. The zero-order valence-corrected chi connectivity index (χ0v) is 14.0. The van der Waals surface area contributed by atoms with Crippen LogP contribution >= 0.6 is 0 Å². The number of fused-ring (bicyclic) bond motifs is 3. The summed E-state index contributed by atoms with van der Waals surface area (Å²) in [4.78, 5) is 23.8. The molecule has 0 saturated carbocycles. The summed E-state index contributed by atoms with van der Waals surface area (Å²) in [5.41, 5.74) is 4.31. The predicted molar refractivity (Wildman–Crippen MR) is 96.1 cm³/mol. The van der Waals surface area contributed by atoms with Gasteiger partial charge in [0.15, 0.2) is 0 Å². The summed E-state index contributed by atoms with van der Waals surface area (Å²) in [6.07, 6.45) is 4.11. The Morgan fingerprint density at radius 2 is 1.88 bits per heavy atom. The van der Waals surface area contributed by atoms with E-state index in [9.17, 15) is 14.9 Å². The third-order valence-corrected chi connectivity index (χ3v) is 5.02. The van der Waals surface area contributed by atoms with Crippen LogP contribution in [0, 0.1) is 17.0 Å². The van der Waals surface area contributed by atoms with Gasteiger partial charge in [0.25, 0.3) is 11.6 Å². The highest BCUT2D eigenvalue weighted by Crippen LogP contribution is 2.33. The quantitative estimate of drug-likeness (QED) is 0.514. The third kappa shape index (κ3) is 2.43. The number of aromatic nitrogens is 1. The van der Waals surface area contributed by atoms with Crippen LogP contribution in [0.5, 0.6) is 0 Å². The molecule has 0 bridgehead atoms. The summed E-state index contributed by atoms with van der Waals surface area (Å²) in [7, 11) is 0. The Bertz CT molecular complexity index is 1020. The van der Waals surface area contributed by atoms with Gasteiger partial charge in [0.1, 0.15) is 0 Å². The first-order valence-electron chi connectivity index (χ1n) is 8.49. The van der Waals surface area contributed by atoms with Crippen molar-refractivity contribution < 1.29 is 9.72 Å². The Labute approximate surface area is 145 Å². The fourth-order valence-corrected chi connectivity index (χ4v) is 3.85. The summed E-state index contributed by atoms with van der Waals surface area (Å²) >= 11 is 0. The van der Waals surface area contributed by atoms with Crippen molar-refractivity contribution in [1.29, 1.82) is 0 Å². The van der Waals surface area contributed by atoms with Crippen LogP contribution in [0.3, 0.4) is 0 Å². The Hall–Kier alpha value is -2.95. The van der Waals surface area contributed by atoms with Gasteiger partial charge in [0, 0.05) is 28.3 Å². The Morgan fingerprint density at radius 3 is 2.64 bits per heavy atom. The van der Waals surface area contributed by atoms with Gasteiger partial charge in [-0.25, -0.2) is 0 Å². The molecule has 1 heterocycles. The summed E-state index contributed by atoms with van der Waals surface area (Å²) in [6.45, 7) is 1.66. The minimum Gasteiger partial charge on any atom is -0.280 e. The molecule has 5 heteroatoms. The number of carbonyl (C=O) groups is 1. The van der Waals surface area contributed by atoms with E-state index in [4.69, 9.17) is 0 Å². The van der Waals surface area contributed by atoms with Crippen LogP contribution in [-0.2, 0) is 12.8 Å². The summed E-state index contributed by atoms with van der Waals surface area (Å²) in [5.74, 6) is -0.114. The van der Waals surface area contributed by atoms with E-state index in [1.165, 1.54) is 11.6 Å². The van der Waals surface area contributed by atoms with Gasteiger partial charge in [-0.05, 0) is 56.4 Å². The van der Waals surface area contributed by atoms with Gasteiger partial charge in [0.2, 0.25) is 0 Å². The lowest BCUT2D eigenvalue weighted by Crippen LogP contribution is -2.17. The standard InChI is InChI=1S/C20H18N2O3/c1-13-12-14(10-11-17(13)22(24)25)20(23)21-18-8-4-2-6-15(18)16-7-3-5-9-19(16)21/h2,4,6,8,10-12H,3,5,7,9H2,1H3. The SMILES string of the molecule is Cc1cc(C(=O)n2c3c(c4ccccc42)CCCC3)ccc1[N+](=O)[O-]. The van der Waals surface area contributed by atoms with E-state index in [1.54, 1.807) is 19.1 Å². The number of carbonyl (C=O) groups excluding carboxylic acids is 1. The summed E-state index contributed by atoms with van der Waals surface area (Å²) < 4.78 is 1.81. The number of hydrogen-bond acceptors (Lipinski definition) is 3. The van der Waals surface area contributed by atoms with Crippen LogP contribution in [-0.4, -0.2) is 15.4 Å². The average molecular weight is 334 g/mol. The molecule has 3 aromatic rings. The lowest BCUT2D eigenvalue weighted by Gasteiger charge is -2.15. The molecule has 0 radical (unpaired) electrons. The Balaban J connectivity index is 1.89. The first kappa shape index (κ1) is 15.6. The Morgan fingerprint density at radius 1 is 1.12 bits per heavy atom. The largest absolute Gasteiger partial charge is 0.280 e. The number of nitrogens with zero attached hydrogens (tertiary/aromatic N) is 2. The maximum atomic E-state index is 13.2. The second-order valence-electron chi connectivity index (χ2n) is 6.55. The van der Waals surface area contributed by atoms with E-state index in [1.807, 2.05) is 22.8 Å². The molecule has 0 saturated heterocycles. The smallest absolute Gasteiger partial charge is 0.272 e. The number of hydrogen-bond donors (Lipinski definition) is 0. The van der Waals surface area contributed by atoms with Crippen molar-refractivity contribution in [3.05, 3.63) is 75.0 Å². The van der Waals surface area contributed by atoms with Gasteiger partial charge < -0.3 is 0 Å². The maximum Gasteiger partial charge on any atom is 0.272 e. The highest BCUT2D eigenvalue weighted by molar-refractivity contribution is 6.04. The van der Waals surface area contributed by atoms with Crippen molar-refractivity contribution >= 4 is 22.5 Å². The van der Waals surface area contributed by atoms with Crippen molar-refractivity contribution in [3.8, 4) is 0 Å². The fourth-order valence-electron chi connectivity index (χ4n) is 3.85. The average Bonchev–Trinajstić information content (AvgIpc) is 2.95. The van der Waals surface area contributed by atoms with Crippen LogP contribution in [0.15, 0.2) is 42.5 Å². The van der Waals surface area contributed by atoms with Crippen molar-refractivity contribution in [1.82, 2.24) is 4.57 Å². The zero-order chi connectivity index (χ0) is 17.6. The zero-order valence-electron chi connectivity index (χ0n) is 14.0. The monoisotopic (exact) mass is 334 g/mol. The second-order valence-corrected chi connectivity index (χ2v) is 6.55. The van der Waals surface area contributed by atoms with Gasteiger partial charge in [-0.1, -0.05) is 18.2 Å². The molecule has 0 atom stereocenters. The molecule has 0 spiro atoms. The lowest BCUT2D eigenvalue weighted by atomic mass is 9.95. The molecule has 2 aromatic carbocycles. The molecule has 25 heavy (non-hydrogen) atoms. The van der Waals surface area contributed by atoms with E-state index in [2.05, 4.69) is 6.07 Å². The molecule has 1 aliphatic rings. The molecule has 0 fully saturated rings. The van der Waals surface area contributed by atoms with Crippen LogP contribution < -0.4 is 0 Å². The van der Waals surface area contributed by atoms with E-state index in [0.717, 1.165) is 42.3 Å². The molecule has 0 N–H and O–H groups in total. The van der Waals surface area contributed by atoms with Gasteiger partial charge in [-0.15, -0.1) is 0 Å². The number of benzene rings is 2. The maximum absolute atomic E-state index is 13.2. The topological polar surface area (TPSA) is 65.1 Å². The van der Waals surface area contributed by atoms with Crippen LogP contribution in [0.25, 0.3) is 10.9 Å². The molecule has 0 aliphatic heterocycles. The van der Waals surface area contributed by atoms with Gasteiger partial charge in [-0.2, -0.15) is 0 Å². The fraction of sp³-hybridized carbons (Fsp3) is 0.250. The predicted octanol–water partition coefficient (Wildman–Crippen LogP) is 4.43. The van der Waals surface area contributed by atoms with Crippen LogP contribution in [0.4, 0.5) is 5.69 Å². The van der Waals surface area contributed by atoms with E-state index in [0.29, 0.717) is 11.1 Å². The summed E-state index contributed by atoms with van der Waals surface area (Å²) in [6, 6.07) is 12.6. The lowest BCUT2D eigenvalue weighted by molar-refractivity contribution is -0.385. The van der Waals surface area contributed by atoms with Crippen molar-refractivity contribution in [2.45, 2.75) is 32.6 Å². The first-order valence-corrected chi connectivity index (χ1v) is 8.49. The van der Waals surface area contributed by atoms with Gasteiger partial charge in [-0.3, -0.25) is 19.5 Å². The van der Waals surface area contributed by atoms with E-state index in [-0.39, 0.29) is 11.6 Å². The van der Waals surface area contributed by atoms with Crippen molar-refractivity contribution in [2.24, 2.45) is 0 Å². The molecular weight excluding hydrogens is 316 g/mol. The minimum absolute atomic E-state index is 0.0379. The molecule has 0 unspecified atom stereocenters. The van der Waals surface area contributed by atoms with Gasteiger partial charge >= 0.3 is 0 Å². The highest BCUT2D eigenvalue weighted by Gasteiger charge is 2.24. The van der Waals surface area contributed by atoms with E-state index < -0.39 is 4.92 Å². The molecule has 1 aliphatic carbocycles. The first-order chi connectivity index (χ1) is 12.1. The van der Waals surface area contributed by atoms with Crippen molar-refractivity contribution in [2.75, 3.05) is 0 Å². The molecule has 4 rings (SSSR count). The van der Waals surface area contributed by atoms with Crippen LogP contribution in [0.2, 0.25) is 0 Å². The van der Waals surface area contributed by atoms with Gasteiger partial charge in [0.05, 0.1) is 10.4 Å². The van der Waals surface area contributed by atoms with Crippen LogP contribution in [0.1, 0.15) is 40.0 Å². The summed E-state index contributed by atoms with van der Waals surface area (Å²) in [5, 5.41) is 12.2. The second kappa shape index (κ2) is 5.84. The number of aryl methyl sites for hydroxylation is 2. The number of rotatable bonds is 2. The molecule has 126 valence electrons. The normalized spacial score (nSPS) is 13.6. The molecule has 5 nitrogen and oxygen atoms in total.